The second kappa shape index (κ2) is 5.78. The number of nitrogens with one attached hydrogen (secondary N) is 1. The van der Waals surface area contributed by atoms with Crippen molar-refractivity contribution in [2.24, 2.45) is 0 Å². The predicted molar refractivity (Wildman–Crippen MR) is 67.6 cm³/mol. The minimum absolute atomic E-state index is 0.105. The Balaban J connectivity index is 2.28. The standard InChI is InChI=1S/C13H10F3N3O2/c1-8-17-12(19-21-8)18-11(13(14,15)16)7-10(20)9-5-3-2-4-6-9/h2-7H,1H3,(H,18,19)/b11-7-. The van der Waals surface area contributed by atoms with Crippen molar-refractivity contribution in [2.45, 2.75) is 13.1 Å². The summed E-state index contributed by atoms with van der Waals surface area (Å²) in [7, 11) is 0. The average Bonchev–Trinajstić information content (AvgIpc) is 2.83. The molecule has 0 unspecified atom stereocenters. The second-order valence-electron chi connectivity index (χ2n) is 4.05. The van der Waals surface area contributed by atoms with E-state index in [0.717, 1.165) is 0 Å². The van der Waals surface area contributed by atoms with Crippen molar-refractivity contribution in [3.63, 3.8) is 0 Å². The highest BCUT2D eigenvalue weighted by molar-refractivity contribution is 6.05. The molecule has 0 saturated heterocycles. The van der Waals surface area contributed by atoms with Crippen LogP contribution in [-0.4, -0.2) is 22.1 Å². The van der Waals surface area contributed by atoms with E-state index in [-0.39, 0.29) is 17.4 Å². The van der Waals surface area contributed by atoms with Gasteiger partial charge in [0.25, 0.3) is 5.95 Å². The Bertz CT molecular complexity index is 663. The third kappa shape index (κ3) is 3.91. The SMILES string of the molecule is Cc1nc(N/C(=C\C(=O)c2ccccc2)C(F)(F)F)no1. The first-order chi connectivity index (χ1) is 9.86. The van der Waals surface area contributed by atoms with Crippen molar-refractivity contribution < 1.29 is 22.5 Å². The van der Waals surface area contributed by atoms with Gasteiger partial charge in [0.1, 0.15) is 5.70 Å². The van der Waals surface area contributed by atoms with Crippen LogP contribution in [0.15, 0.2) is 46.6 Å². The van der Waals surface area contributed by atoms with Gasteiger partial charge >= 0.3 is 6.18 Å². The lowest BCUT2D eigenvalue weighted by Gasteiger charge is -2.11. The highest BCUT2D eigenvalue weighted by Crippen LogP contribution is 2.26. The van der Waals surface area contributed by atoms with Crippen LogP contribution < -0.4 is 5.32 Å². The fraction of sp³-hybridized carbons (Fsp3) is 0.154. The zero-order valence-corrected chi connectivity index (χ0v) is 10.8. The van der Waals surface area contributed by atoms with E-state index in [1.165, 1.54) is 19.1 Å². The van der Waals surface area contributed by atoms with Crippen molar-refractivity contribution in [1.29, 1.82) is 0 Å². The first kappa shape index (κ1) is 14.8. The van der Waals surface area contributed by atoms with Crippen molar-refractivity contribution in [2.75, 3.05) is 5.32 Å². The molecule has 1 aromatic carbocycles. The van der Waals surface area contributed by atoms with Gasteiger partial charge in [0, 0.05) is 18.6 Å². The van der Waals surface area contributed by atoms with Gasteiger partial charge in [0.2, 0.25) is 5.89 Å². The summed E-state index contributed by atoms with van der Waals surface area (Å²) in [5.41, 5.74) is -1.12. The number of ketones is 1. The van der Waals surface area contributed by atoms with Crippen LogP contribution in [0.5, 0.6) is 0 Å². The molecule has 0 amide bonds. The van der Waals surface area contributed by atoms with Gasteiger partial charge in [-0.15, -0.1) is 0 Å². The molecule has 2 rings (SSSR count). The first-order valence-electron chi connectivity index (χ1n) is 5.82. The number of allylic oxidation sites excluding steroid dienone is 2. The quantitative estimate of drug-likeness (QED) is 0.693. The first-order valence-corrected chi connectivity index (χ1v) is 5.82. The predicted octanol–water partition coefficient (Wildman–Crippen LogP) is 3.12. The number of anilines is 1. The van der Waals surface area contributed by atoms with E-state index in [1.54, 1.807) is 18.2 Å². The molecule has 0 fully saturated rings. The molecule has 5 nitrogen and oxygen atoms in total. The van der Waals surface area contributed by atoms with Crippen LogP contribution in [0.4, 0.5) is 19.1 Å². The molecule has 1 heterocycles. The topological polar surface area (TPSA) is 68.0 Å². The lowest BCUT2D eigenvalue weighted by molar-refractivity contribution is -0.0904. The second-order valence-corrected chi connectivity index (χ2v) is 4.05. The normalized spacial score (nSPS) is 12.3. The van der Waals surface area contributed by atoms with E-state index >= 15 is 0 Å². The number of hydrogen-bond acceptors (Lipinski definition) is 5. The third-order valence-corrected chi connectivity index (χ3v) is 2.41. The number of nitrogens with zero attached hydrogens (tertiary/aromatic N) is 2. The van der Waals surface area contributed by atoms with E-state index in [9.17, 15) is 18.0 Å². The molecular formula is C13H10F3N3O2. The van der Waals surface area contributed by atoms with Crippen LogP contribution in [0.3, 0.4) is 0 Å². The highest BCUT2D eigenvalue weighted by atomic mass is 19.4. The minimum atomic E-state index is -4.75. The molecule has 0 atom stereocenters. The number of carbonyl (C=O) groups excluding carboxylic acids is 1. The number of aromatic nitrogens is 2. The number of carbonyl (C=O) groups is 1. The summed E-state index contributed by atoms with van der Waals surface area (Å²) >= 11 is 0. The summed E-state index contributed by atoms with van der Waals surface area (Å²) in [4.78, 5) is 15.4. The monoisotopic (exact) mass is 297 g/mol. The van der Waals surface area contributed by atoms with Crippen molar-refractivity contribution >= 4 is 11.7 Å². The maximum Gasteiger partial charge on any atom is 0.431 e. The number of halogens is 3. The minimum Gasteiger partial charge on any atom is -0.338 e. The molecule has 0 aliphatic rings. The Labute approximate surface area is 117 Å². The van der Waals surface area contributed by atoms with Crippen LogP contribution in [-0.2, 0) is 0 Å². The maximum atomic E-state index is 12.9. The Morgan fingerprint density at radius 3 is 2.48 bits per heavy atom. The summed E-state index contributed by atoms with van der Waals surface area (Å²) in [6.07, 6.45) is -4.29. The van der Waals surface area contributed by atoms with Crippen LogP contribution in [0, 0.1) is 6.92 Å². The number of hydrogen-bond donors (Lipinski definition) is 1. The fourth-order valence-corrected chi connectivity index (χ4v) is 1.48. The summed E-state index contributed by atoms with van der Waals surface area (Å²) in [5.74, 6) is -1.04. The van der Waals surface area contributed by atoms with E-state index in [0.29, 0.717) is 6.08 Å². The molecule has 1 N–H and O–H groups in total. The molecule has 0 aliphatic carbocycles. The van der Waals surface area contributed by atoms with Crippen LogP contribution >= 0.6 is 0 Å². The molecule has 0 aliphatic heterocycles. The Morgan fingerprint density at radius 2 is 1.95 bits per heavy atom. The van der Waals surface area contributed by atoms with Gasteiger partial charge in [-0.3, -0.25) is 4.79 Å². The van der Waals surface area contributed by atoms with Gasteiger partial charge in [-0.1, -0.05) is 30.3 Å². The van der Waals surface area contributed by atoms with Gasteiger partial charge in [-0.05, 0) is 5.16 Å². The Morgan fingerprint density at radius 1 is 1.29 bits per heavy atom. The van der Waals surface area contributed by atoms with Crippen molar-refractivity contribution in [1.82, 2.24) is 10.1 Å². The Hall–Kier alpha value is -2.64. The van der Waals surface area contributed by atoms with Gasteiger partial charge in [0.05, 0.1) is 0 Å². The van der Waals surface area contributed by atoms with Gasteiger partial charge in [-0.2, -0.15) is 18.2 Å². The van der Waals surface area contributed by atoms with E-state index in [1.807, 2.05) is 5.32 Å². The molecule has 2 aromatic rings. The Kier molecular flexibility index (Phi) is 4.06. The van der Waals surface area contributed by atoms with E-state index in [4.69, 9.17) is 0 Å². The molecule has 8 heteroatoms. The van der Waals surface area contributed by atoms with Gasteiger partial charge in [0.15, 0.2) is 5.78 Å². The molecule has 0 saturated carbocycles. The van der Waals surface area contributed by atoms with Crippen molar-refractivity contribution in [3.05, 3.63) is 53.6 Å². The summed E-state index contributed by atoms with van der Waals surface area (Å²) in [6, 6.07) is 7.62. The van der Waals surface area contributed by atoms with Crippen LogP contribution in [0.1, 0.15) is 16.2 Å². The van der Waals surface area contributed by atoms with Crippen molar-refractivity contribution in [3.8, 4) is 0 Å². The lowest BCUT2D eigenvalue weighted by atomic mass is 10.1. The largest absolute Gasteiger partial charge is 0.431 e. The fourth-order valence-electron chi connectivity index (χ4n) is 1.48. The third-order valence-electron chi connectivity index (χ3n) is 2.41. The number of alkyl halides is 3. The highest BCUT2D eigenvalue weighted by Gasteiger charge is 2.35. The molecule has 0 spiro atoms. The van der Waals surface area contributed by atoms with Gasteiger partial charge < -0.3 is 9.84 Å². The zero-order valence-electron chi connectivity index (χ0n) is 10.8. The number of rotatable bonds is 4. The summed E-state index contributed by atoms with van der Waals surface area (Å²) in [6.45, 7) is 1.43. The number of aryl methyl sites for hydroxylation is 1. The summed E-state index contributed by atoms with van der Waals surface area (Å²) in [5, 5.41) is 5.24. The lowest BCUT2D eigenvalue weighted by Crippen LogP contribution is -2.21. The molecule has 1 aromatic heterocycles. The molecule has 110 valence electrons. The molecule has 0 bridgehead atoms. The zero-order chi connectivity index (χ0) is 15.5. The van der Waals surface area contributed by atoms with E-state index in [2.05, 4.69) is 14.7 Å². The molecule has 21 heavy (non-hydrogen) atoms. The molecular weight excluding hydrogens is 287 g/mol. The average molecular weight is 297 g/mol. The van der Waals surface area contributed by atoms with Crippen LogP contribution in [0.2, 0.25) is 0 Å². The summed E-state index contributed by atoms with van der Waals surface area (Å²) < 4.78 is 43.3. The number of benzene rings is 1. The maximum absolute atomic E-state index is 12.9. The van der Waals surface area contributed by atoms with Crippen LogP contribution in [0.25, 0.3) is 0 Å². The molecule has 0 radical (unpaired) electrons. The van der Waals surface area contributed by atoms with E-state index < -0.39 is 17.7 Å². The van der Waals surface area contributed by atoms with Gasteiger partial charge in [-0.25, -0.2) is 0 Å². The smallest absolute Gasteiger partial charge is 0.338 e.